The summed E-state index contributed by atoms with van der Waals surface area (Å²) in [6.07, 6.45) is 8.96. The third-order valence-electron chi connectivity index (χ3n) is 4.81. The van der Waals surface area contributed by atoms with Crippen molar-refractivity contribution >= 4 is 22.6 Å². The number of hydrogen-bond donors (Lipinski definition) is 1. The van der Waals surface area contributed by atoms with E-state index < -0.39 is 0 Å². The van der Waals surface area contributed by atoms with Crippen molar-refractivity contribution in [2.75, 3.05) is 5.32 Å². The van der Waals surface area contributed by atoms with Crippen molar-refractivity contribution in [2.45, 2.75) is 58.8 Å². The van der Waals surface area contributed by atoms with Crippen LogP contribution in [0.5, 0.6) is 0 Å². The molecule has 4 nitrogen and oxygen atoms in total. The molecular weight excluding hydrogens is 336 g/mol. The molecule has 0 saturated heterocycles. The van der Waals surface area contributed by atoms with Gasteiger partial charge >= 0.3 is 11.6 Å². The molecule has 1 N–H and O–H groups in total. The SMILES string of the molecule is CCCCCCCCc1ccc(Nc2nc3cc(C)ccc3c(=O)o2)cc1. The van der Waals surface area contributed by atoms with E-state index in [1.54, 1.807) is 6.07 Å². The van der Waals surface area contributed by atoms with Crippen LogP contribution >= 0.6 is 0 Å². The Balaban J connectivity index is 1.60. The Bertz CT molecular complexity index is 929. The van der Waals surface area contributed by atoms with Crippen molar-refractivity contribution in [3.63, 3.8) is 0 Å². The molecule has 0 atom stereocenters. The van der Waals surface area contributed by atoms with E-state index in [0.29, 0.717) is 10.9 Å². The molecule has 0 bridgehead atoms. The highest BCUT2D eigenvalue weighted by Gasteiger charge is 2.07. The molecule has 1 heterocycles. The number of anilines is 2. The zero-order chi connectivity index (χ0) is 19.1. The van der Waals surface area contributed by atoms with Gasteiger partial charge in [-0.05, 0) is 55.2 Å². The van der Waals surface area contributed by atoms with Gasteiger partial charge in [0.05, 0.1) is 10.9 Å². The molecule has 0 aliphatic rings. The molecule has 0 unspecified atom stereocenters. The molecule has 0 saturated carbocycles. The maximum absolute atomic E-state index is 12.1. The fourth-order valence-electron chi connectivity index (χ4n) is 3.22. The van der Waals surface area contributed by atoms with Gasteiger partial charge in [0.2, 0.25) is 0 Å². The molecule has 4 heteroatoms. The number of fused-ring (bicyclic) bond motifs is 1. The summed E-state index contributed by atoms with van der Waals surface area (Å²) in [7, 11) is 0. The summed E-state index contributed by atoms with van der Waals surface area (Å²) < 4.78 is 5.30. The van der Waals surface area contributed by atoms with Crippen LogP contribution in [0.1, 0.15) is 56.6 Å². The third-order valence-corrected chi connectivity index (χ3v) is 4.81. The maximum Gasteiger partial charge on any atom is 0.348 e. The summed E-state index contributed by atoms with van der Waals surface area (Å²) in [4.78, 5) is 16.5. The minimum absolute atomic E-state index is 0.224. The predicted molar refractivity (Wildman–Crippen MR) is 112 cm³/mol. The molecule has 0 spiro atoms. The van der Waals surface area contributed by atoms with Gasteiger partial charge in [-0.3, -0.25) is 0 Å². The van der Waals surface area contributed by atoms with Gasteiger partial charge in [0.15, 0.2) is 0 Å². The lowest BCUT2D eigenvalue weighted by Gasteiger charge is -2.07. The highest BCUT2D eigenvalue weighted by atomic mass is 16.4. The zero-order valence-electron chi connectivity index (χ0n) is 16.3. The van der Waals surface area contributed by atoms with Crippen LogP contribution in [0.3, 0.4) is 0 Å². The van der Waals surface area contributed by atoms with E-state index in [2.05, 4.69) is 29.4 Å². The minimum Gasteiger partial charge on any atom is -0.388 e. The van der Waals surface area contributed by atoms with Crippen LogP contribution in [0.15, 0.2) is 51.7 Å². The average Bonchev–Trinajstić information content (AvgIpc) is 2.65. The van der Waals surface area contributed by atoms with Gasteiger partial charge in [0.25, 0.3) is 0 Å². The molecule has 0 fully saturated rings. The zero-order valence-corrected chi connectivity index (χ0v) is 16.3. The fourth-order valence-corrected chi connectivity index (χ4v) is 3.22. The van der Waals surface area contributed by atoms with Crippen LogP contribution in [0, 0.1) is 6.92 Å². The standard InChI is InChI=1S/C23H28N2O2/c1-3-4-5-6-7-8-9-18-11-13-19(14-12-18)24-23-25-21-16-17(2)10-15-20(21)22(26)27-23/h10-16H,3-9H2,1-2H3,(H,24,25). The number of nitrogens with zero attached hydrogens (tertiary/aromatic N) is 1. The first-order valence-corrected chi connectivity index (χ1v) is 9.93. The summed E-state index contributed by atoms with van der Waals surface area (Å²) in [5.74, 6) is 0. The first-order valence-electron chi connectivity index (χ1n) is 9.93. The Labute approximate surface area is 160 Å². The highest BCUT2D eigenvalue weighted by molar-refractivity contribution is 5.78. The monoisotopic (exact) mass is 364 g/mol. The van der Waals surface area contributed by atoms with Gasteiger partial charge in [0.1, 0.15) is 0 Å². The molecule has 0 aliphatic heterocycles. The summed E-state index contributed by atoms with van der Waals surface area (Å²) in [6, 6.07) is 14.0. The Morgan fingerprint density at radius 3 is 2.48 bits per heavy atom. The van der Waals surface area contributed by atoms with E-state index in [1.165, 1.54) is 44.1 Å². The topological polar surface area (TPSA) is 55.1 Å². The smallest absolute Gasteiger partial charge is 0.348 e. The van der Waals surface area contributed by atoms with E-state index in [1.807, 2.05) is 31.2 Å². The normalized spacial score (nSPS) is 11.0. The van der Waals surface area contributed by atoms with Gasteiger partial charge < -0.3 is 9.73 Å². The second-order valence-electron chi connectivity index (χ2n) is 7.17. The first-order chi connectivity index (χ1) is 13.2. The molecular formula is C23H28N2O2. The second kappa shape index (κ2) is 9.36. The number of rotatable bonds is 9. The van der Waals surface area contributed by atoms with Crippen molar-refractivity contribution in [1.29, 1.82) is 0 Å². The summed E-state index contributed by atoms with van der Waals surface area (Å²) in [5, 5.41) is 3.60. The molecule has 142 valence electrons. The van der Waals surface area contributed by atoms with Crippen molar-refractivity contribution in [3.8, 4) is 0 Å². The fraction of sp³-hybridized carbons (Fsp3) is 0.391. The quantitative estimate of drug-likeness (QED) is 0.463. The molecule has 2 aromatic carbocycles. The van der Waals surface area contributed by atoms with Crippen LogP contribution in [0.4, 0.5) is 11.7 Å². The molecule has 1 aromatic heterocycles. The van der Waals surface area contributed by atoms with Crippen LogP contribution in [-0.4, -0.2) is 4.98 Å². The lowest BCUT2D eigenvalue weighted by molar-refractivity contribution is 0.522. The summed E-state index contributed by atoms with van der Waals surface area (Å²) >= 11 is 0. The van der Waals surface area contributed by atoms with Gasteiger partial charge in [-0.15, -0.1) is 0 Å². The van der Waals surface area contributed by atoms with Gasteiger partial charge in [0, 0.05) is 5.69 Å². The van der Waals surface area contributed by atoms with Crippen LogP contribution in [-0.2, 0) is 6.42 Å². The lowest BCUT2D eigenvalue weighted by atomic mass is 10.0. The molecule has 0 amide bonds. The minimum atomic E-state index is -0.373. The van der Waals surface area contributed by atoms with Gasteiger partial charge in [-0.1, -0.05) is 57.2 Å². The first kappa shape index (κ1) is 19.2. The van der Waals surface area contributed by atoms with E-state index in [9.17, 15) is 4.79 Å². The second-order valence-corrected chi connectivity index (χ2v) is 7.17. The highest BCUT2D eigenvalue weighted by Crippen LogP contribution is 2.19. The van der Waals surface area contributed by atoms with E-state index in [0.717, 1.165) is 17.7 Å². The molecule has 0 aliphatic carbocycles. The number of aryl methyl sites for hydroxylation is 2. The van der Waals surface area contributed by atoms with E-state index >= 15 is 0 Å². The lowest BCUT2D eigenvalue weighted by Crippen LogP contribution is -2.05. The van der Waals surface area contributed by atoms with Crippen molar-refractivity contribution in [3.05, 3.63) is 64.0 Å². The van der Waals surface area contributed by atoms with Crippen LogP contribution in [0.25, 0.3) is 10.9 Å². The van der Waals surface area contributed by atoms with Crippen molar-refractivity contribution < 1.29 is 4.42 Å². The molecule has 3 rings (SSSR count). The van der Waals surface area contributed by atoms with Crippen molar-refractivity contribution in [2.24, 2.45) is 0 Å². The number of aromatic nitrogens is 1. The Kier molecular flexibility index (Phi) is 6.64. The summed E-state index contributed by atoms with van der Waals surface area (Å²) in [5.41, 5.74) is 3.53. The molecule has 3 aromatic rings. The van der Waals surface area contributed by atoms with E-state index in [4.69, 9.17) is 4.42 Å². The Morgan fingerprint density at radius 2 is 1.70 bits per heavy atom. The van der Waals surface area contributed by atoms with Crippen LogP contribution in [0.2, 0.25) is 0 Å². The van der Waals surface area contributed by atoms with Crippen molar-refractivity contribution in [1.82, 2.24) is 4.98 Å². The molecule has 0 radical (unpaired) electrons. The third kappa shape index (κ3) is 5.43. The predicted octanol–water partition coefficient (Wildman–Crippen LogP) is 6.14. The maximum atomic E-state index is 12.1. The number of nitrogens with one attached hydrogen (secondary N) is 1. The summed E-state index contributed by atoms with van der Waals surface area (Å²) in [6.45, 7) is 4.22. The van der Waals surface area contributed by atoms with Gasteiger partial charge in [-0.25, -0.2) is 4.79 Å². The average molecular weight is 364 g/mol. The number of hydrogen-bond acceptors (Lipinski definition) is 4. The van der Waals surface area contributed by atoms with Gasteiger partial charge in [-0.2, -0.15) is 4.98 Å². The molecule has 27 heavy (non-hydrogen) atoms. The largest absolute Gasteiger partial charge is 0.388 e. The number of unbranched alkanes of at least 4 members (excludes halogenated alkanes) is 5. The van der Waals surface area contributed by atoms with Crippen LogP contribution < -0.4 is 10.9 Å². The Morgan fingerprint density at radius 1 is 0.963 bits per heavy atom. The van der Waals surface area contributed by atoms with E-state index in [-0.39, 0.29) is 11.6 Å². The Hall–Kier alpha value is -2.62. The number of benzene rings is 2.